The molecular weight excluding hydrogens is 420 g/mol. The standard InChI is InChI=1S/C27H34N2O2.ClH/c1-20-3-2-13-28(20)14-10-21-4-6-22(7-5-21)24-8-9-25-18-29(19-26(25)17-24)27(30)23-11-15-31-16-12-23;/h4-9,17,20,23H,2-3,10-16,18-19H2,1H3;1H/t20-;/m1./s1. The molecule has 0 spiro atoms. The van der Waals surface area contributed by atoms with Crippen molar-refractivity contribution < 1.29 is 9.53 Å². The molecule has 1 amide bonds. The predicted molar refractivity (Wildman–Crippen MR) is 131 cm³/mol. The number of hydrogen-bond donors (Lipinski definition) is 0. The second-order valence-corrected chi connectivity index (χ2v) is 9.54. The van der Waals surface area contributed by atoms with E-state index in [9.17, 15) is 4.79 Å². The molecule has 172 valence electrons. The van der Waals surface area contributed by atoms with Gasteiger partial charge in [0.05, 0.1) is 0 Å². The van der Waals surface area contributed by atoms with E-state index >= 15 is 0 Å². The lowest BCUT2D eigenvalue weighted by Gasteiger charge is -2.26. The summed E-state index contributed by atoms with van der Waals surface area (Å²) in [5.41, 5.74) is 6.51. The molecule has 0 radical (unpaired) electrons. The van der Waals surface area contributed by atoms with Gasteiger partial charge in [-0.15, -0.1) is 12.4 Å². The van der Waals surface area contributed by atoms with Gasteiger partial charge in [-0.3, -0.25) is 4.79 Å². The van der Waals surface area contributed by atoms with Gasteiger partial charge in [0.2, 0.25) is 5.91 Å². The number of fused-ring (bicyclic) bond motifs is 1. The molecule has 2 fully saturated rings. The SMILES string of the molecule is C[C@@H]1CCCN1CCc1ccc(-c2ccc3c(c2)CN(C(=O)C2CCOCC2)C3)cc1.Cl. The number of carbonyl (C=O) groups is 1. The first-order valence-electron chi connectivity index (χ1n) is 12.0. The molecule has 0 aromatic heterocycles. The molecule has 2 saturated heterocycles. The minimum Gasteiger partial charge on any atom is -0.381 e. The second-order valence-electron chi connectivity index (χ2n) is 9.54. The Bertz CT molecular complexity index is 924. The summed E-state index contributed by atoms with van der Waals surface area (Å²) in [6, 6.07) is 16.5. The minimum atomic E-state index is 0. The van der Waals surface area contributed by atoms with E-state index in [0.29, 0.717) is 19.1 Å². The van der Waals surface area contributed by atoms with Gasteiger partial charge in [-0.05, 0) is 79.5 Å². The Kier molecular flexibility index (Phi) is 7.55. The summed E-state index contributed by atoms with van der Waals surface area (Å²) in [5.74, 6) is 0.441. The lowest BCUT2D eigenvalue weighted by atomic mass is 9.99. The third-order valence-electron chi connectivity index (χ3n) is 7.48. The molecule has 0 N–H and O–H groups in total. The molecule has 2 aromatic carbocycles. The van der Waals surface area contributed by atoms with Crippen molar-refractivity contribution in [1.29, 1.82) is 0 Å². The summed E-state index contributed by atoms with van der Waals surface area (Å²) in [6.45, 7) is 7.69. The van der Waals surface area contributed by atoms with Crippen LogP contribution in [0.3, 0.4) is 0 Å². The number of halogens is 1. The molecule has 0 unspecified atom stereocenters. The van der Waals surface area contributed by atoms with Crippen molar-refractivity contribution in [3.05, 3.63) is 59.2 Å². The zero-order valence-corrected chi connectivity index (χ0v) is 19.9. The van der Waals surface area contributed by atoms with E-state index in [2.05, 4.69) is 54.3 Å². The summed E-state index contributed by atoms with van der Waals surface area (Å²) in [5, 5.41) is 0. The Morgan fingerprint density at radius 1 is 0.969 bits per heavy atom. The van der Waals surface area contributed by atoms with E-state index in [0.717, 1.165) is 44.9 Å². The fourth-order valence-electron chi connectivity index (χ4n) is 5.39. The van der Waals surface area contributed by atoms with Gasteiger partial charge in [0.15, 0.2) is 0 Å². The predicted octanol–water partition coefficient (Wildman–Crippen LogP) is 5.07. The van der Waals surface area contributed by atoms with Crippen LogP contribution in [-0.4, -0.2) is 48.1 Å². The number of carbonyl (C=O) groups excluding carboxylic acids is 1. The van der Waals surface area contributed by atoms with Crippen LogP contribution in [0.25, 0.3) is 11.1 Å². The van der Waals surface area contributed by atoms with Crippen LogP contribution in [0.4, 0.5) is 0 Å². The van der Waals surface area contributed by atoms with Crippen LogP contribution in [0.2, 0.25) is 0 Å². The number of amides is 1. The Labute approximate surface area is 198 Å². The number of rotatable bonds is 5. The molecule has 3 heterocycles. The summed E-state index contributed by atoms with van der Waals surface area (Å²) in [7, 11) is 0. The number of ether oxygens (including phenoxy) is 1. The third kappa shape index (κ3) is 5.03. The first-order chi connectivity index (χ1) is 15.2. The van der Waals surface area contributed by atoms with Crippen molar-refractivity contribution in [2.75, 3.05) is 26.3 Å². The summed E-state index contributed by atoms with van der Waals surface area (Å²) < 4.78 is 5.42. The van der Waals surface area contributed by atoms with Gasteiger partial charge >= 0.3 is 0 Å². The van der Waals surface area contributed by atoms with Gasteiger partial charge in [0, 0.05) is 44.8 Å². The number of nitrogens with zero attached hydrogens (tertiary/aromatic N) is 2. The normalized spacial score (nSPS) is 21.4. The number of likely N-dealkylation sites (tertiary alicyclic amines) is 1. The van der Waals surface area contributed by atoms with Crippen LogP contribution >= 0.6 is 12.4 Å². The fourth-order valence-corrected chi connectivity index (χ4v) is 5.39. The monoisotopic (exact) mass is 454 g/mol. The molecule has 2 aromatic rings. The van der Waals surface area contributed by atoms with Gasteiger partial charge in [-0.1, -0.05) is 36.4 Å². The van der Waals surface area contributed by atoms with E-state index < -0.39 is 0 Å². The highest BCUT2D eigenvalue weighted by Crippen LogP contribution is 2.31. The van der Waals surface area contributed by atoms with E-state index in [-0.39, 0.29) is 18.3 Å². The van der Waals surface area contributed by atoms with Crippen molar-refractivity contribution in [1.82, 2.24) is 9.80 Å². The van der Waals surface area contributed by atoms with Gasteiger partial charge in [0.25, 0.3) is 0 Å². The number of benzene rings is 2. The van der Waals surface area contributed by atoms with Crippen molar-refractivity contribution in [2.24, 2.45) is 5.92 Å². The van der Waals surface area contributed by atoms with Gasteiger partial charge < -0.3 is 14.5 Å². The fraction of sp³-hybridized carbons (Fsp3) is 0.519. The Balaban J connectivity index is 0.00000245. The highest BCUT2D eigenvalue weighted by molar-refractivity contribution is 5.85. The zero-order chi connectivity index (χ0) is 21.2. The lowest BCUT2D eigenvalue weighted by Crippen LogP contribution is -2.35. The summed E-state index contributed by atoms with van der Waals surface area (Å²) >= 11 is 0. The molecular formula is C27H35ClN2O2. The van der Waals surface area contributed by atoms with Crippen LogP contribution in [0.5, 0.6) is 0 Å². The van der Waals surface area contributed by atoms with Crippen LogP contribution < -0.4 is 0 Å². The van der Waals surface area contributed by atoms with Gasteiger partial charge in [-0.25, -0.2) is 0 Å². The molecule has 4 nitrogen and oxygen atoms in total. The molecule has 3 aliphatic rings. The average molecular weight is 455 g/mol. The van der Waals surface area contributed by atoms with E-state index in [4.69, 9.17) is 4.74 Å². The Morgan fingerprint density at radius 2 is 1.69 bits per heavy atom. The Morgan fingerprint density at radius 3 is 2.41 bits per heavy atom. The van der Waals surface area contributed by atoms with Crippen molar-refractivity contribution in [3.8, 4) is 11.1 Å². The topological polar surface area (TPSA) is 32.8 Å². The lowest BCUT2D eigenvalue weighted by molar-refractivity contribution is -0.139. The molecule has 32 heavy (non-hydrogen) atoms. The van der Waals surface area contributed by atoms with Gasteiger partial charge in [0.1, 0.15) is 0 Å². The van der Waals surface area contributed by atoms with Crippen molar-refractivity contribution >= 4 is 18.3 Å². The van der Waals surface area contributed by atoms with Gasteiger partial charge in [-0.2, -0.15) is 0 Å². The molecule has 1 atom stereocenters. The first kappa shape index (κ1) is 23.3. The molecule has 0 aliphatic carbocycles. The maximum absolute atomic E-state index is 12.9. The molecule has 0 bridgehead atoms. The van der Waals surface area contributed by atoms with Crippen molar-refractivity contribution in [3.63, 3.8) is 0 Å². The molecule has 5 rings (SSSR count). The highest BCUT2D eigenvalue weighted by atomic mass is 35.5. The smallest absolute Gasteiger partial charge is 0.226 e. The van der Waals surface area contributed by atoms with Crippen LogP contribution in [0, 0.1) is 5.92 Å². The molecule has 3 aliphatic heterocycles. The second kappa shape index (κ2) is 10.4. The Hall–Kier alpha value is -1.88. The first-order valence-corrected chi connectivity index (χ1v) is 12.0. The highest BCUT2D eigenvalue weighted by Gasteiger charge is 2.30. The maximum Gasteiger partial charge on any atom is 0.226 e. The molecule has 5 heteroatoms. The summed E-state index contributed by atoms with van der Waals surface area (Å²) in [4.78, 5) is 17.6. The average Bonchev–Trinajstić information content (AvgIpc) is 3.43. The van der Waals surface area contributed by atoms with Crippen LogP contribution in [0.1, 0.15) is 49.3 Å². The van der Waals surface area contributed by atoms with E-state index in [1.54, 1.807) is 0 Å². The van der Waals surface area contributed by atoms with Crippen LogP contribution in [0.15, 0.2) is 42.5 Å². The largest absolute Gasteiger partial charge is 0.381 e. The van der Waals surface area contributed by atoms with Crippen molar-refractivity contribution in [2.45, 2.75) is 58.2 Å². The molecule has 0 saturated carbocycles. The third-order valence-corrected chi connectivity index (χ3v) is 7.48. The quantitative estimate of drug-likeness (QED) is 0.632. The minimum absolute atomic E-state index is 0. The van der Waals surface area contributed by atoms with E-state index in [1.165, 1.54) is 47.2 Å². The summed E-state index contributed by atoms with van der Waals surface area (Å²) in [6.07, 6.45) is 5.53. The van der Waals surface area contributed by atoms with Crippen LogP contribution in [-0.2, 0) is 29.0 Å². The number of hydrogen-bond acceptors (Lipinski definition) is 3. The maximum atomic E-state index is 12.9. The van der Waals surface area contributed by atoms with E-state index in [1.807, 2.05) is 4.90 Å². The zero-order valence-electron chi connectivity index (χ0n) is 19.1.